The fraction of sp³-hybridized carbons (Fsp3) is 0.429. The van der Waals surface area contributed by atoms with Gasteiger partial charge in [0.1, 0.15) is 0 Å². The minimum Gasteiger partial charge on any atom is -0.465 e. The van der Waals surface area contributed by atoms with Crippen molar-refractivity contribution in [1.82, 2.24) is 0 Å². The third kappa shape index (κ3) is 4.26. The van der Waals surface area contributed by atoms with Gasteiger partial charge in [0, 0.05) is 17.3 Å². The average molecular weight is 313 g/mol. The Morgan fingerprint density at radius 3 is 2.39 bits per heavy atom. The van der Waals surface area contributed by atoms with Gasteiger partial charge in [0.15, 0.2) is 5.78 Å². The van der Waals surface area contributed by atoms with Crippen molar-refractivity contribution in [3.05, 3.63) is 35.4 Å². The number of methoxy groups -OCH3 is 1. The molecule has 0 aliphatic carbocycles. The average Bonchev–Trinajstić information content (AvgIpc) is 2.42. The highest BCUT2D eigenvalue weighted by atomic mass is 79.9. The van der Waals surface area contributed by atoms with Crippen LogP contribution < -0.4 is 0 Å². The van der Waals surface area contributed by atoms with E-state index in [-0.39, 0.29) is 5.78 Å². The lowest BCUT2D eigenvalue weighted by Crippen LogP contribution is -2.10. The molecule has 0 radical (unpaired) electrons. The van der Waals surface area contributed by atoms with Crippen LogP contribution in [0.1, 0.15) is 46.4 Å². The second-order valence-corrected chi connectivity index (χ2v) is 4.75. The Kier molecular flexibility index (Phi) is 6.65. The summed E-state index contributed by atoms with van der Waals surface area (Å²) in [6, 6.07) is 6.79. The summed E-state index contributed by atoms with van der Waals surface area (Å²) in [4.78, 5) is 23.6. The van der Waals surface area contributed by atoms with Crippen LogP contribution in [0.4, 0.5) is 0 Å². The summed E-state index contributed by atoms with van der Waals surface area (Å²) in [6.07, 6.45) is 3.39. The monoisotopic (exact) mass is 312 g/mol. The van der Waals surface area contributed by atoms with E-state index in [1.165, 1.54) is 7.11 Å². The molecule has 0 fully saturated rings. The molecule has 98 valence electrons. The summed E-state index contributed by atoms with van der Waals surface area (Å²) in [5.41, 5.74) is 0.814. The van der Waals surface area contributed by atoms with E-state index < -0.39 is 5.97 Å². The van der Waals surface area contributed by atoms with E-state index in [4.69, 9.17) is 0 Å². The molecule has 0 amide bonds. The van der Waals surface area contributed by atoms with Crippen LogP contribution in [-0.2, 0) is 4.74 Å². The first-order valence-corrected chi connectivity index (χ1v) is 7.09. The van der Waals surface area contributed by atoms with E-state index in [1.54, 1.807) is 24.3 Å². The highest BCUT2D eigenvalue weighted by Gasteiger charge is 2.16. The Balaban J connectivity index is 2.70. The molecule has 0 saturated carbocycles. The van der Waals surface area contributed by atoms with Crippen LogP contribution in [0.15, 0.2) is 24.3 Å². The van der Waals surface area contributed by atoms with E-state index in [1.807, 2.05) is 0 Å². The molecule has 0 aliphatic rings. The van der Waals surface area contributed by atoms with Gasteiger partial charge in [0.2, 0.25) is 0 Å². The summed E-state index contributed by atoms with van der Waals surface area (Å²) in [5.74, 6) is -0.454. The largest absolute Gasteiger partial charge is 0.465 e. The van der Waals surface area contributed by atoms with E-state index >= 15 is 0 Å². The van der Waals surface area contributed by atoms with Crippen LogP contribution >= 0.6 is 15.9 Å². The van der Waals surface area contributed by atoms with Crippen molar-refractivity contribution >= 4 is 27.7 Å². The zero-order chi connectivity index (χ0) is 13.4. The van der Waals surface area contributed by atoms with Crippen molar-refractivity contribution in [2.45, 2.75) is 25.7 Å². The molecule has 0 heterocycles. The number of esters is 1. The molecule has 0 saturated heterocycles. The molecule has 0 unspecified atom stereocenters. The molecule has 0 spiro atoms. The van der Waals surface area contributed by atoms with Gasteiger partial charge in [-0.1, -0.05) is 40.5 Å². The van der Waals surface area contributed by atoms with Crippen molar-refractivity contribution in [3.63, 3.8) is 0 Å². The third-order valence-corrected chi connectivity index (χ3v) is 3.23. The minimum atomic E-state index is -0.459. The summed E-state index contributed by atoms with van der Waals surface area (Å²) in [5, 5.41) is 0.958. The number of ketones is 1. The van der Waals surface area contributed by atoms with Gasteiger partial charge in [0.05, 0.1) is 12.7 Å². The lowest BCUT2D eigenvalue weighted by atomic mass is 10.00. The lowest BCUT2D eigenvalue weighted by Gasteiger charge is -2.06. The van der Waals surface area contributed by atoms with Gasteiger partial charge in [-0.2, -0.15) is 0 Å². The molecule has 0 N–H and O–H groups in total. The van der Waals surface area contributed by atoms with E-state index in [0.29, 0.717) is 17.5 Å². The molecule has 1 aromatic rings. The molecule has 1 aromatic carbocycles. The smallest absolute Gasteiger partial charge is 0.338 e. The molecule has 0 bridgehead atoms. The van der Waals surface area contributed by atoms with Crippen LogP contribution in [0.5, 0.6) is 0 Å². The number of carbonyl (C=O) groups is 2. The second kappa shape index (κ2) is 8.03. The Hall–Kier alpha value is -1.16. The first-order chi connectivity index (χ1) is 8.70. The number of halogens is 1. The van der Waals surface area contributed by atoms with Crippen molar-refractivity contribution in [2.24, 2.45) is 0 Å². The highest BCUT2D eigenvalue weighted by Crippen LogP contribution is 2.14. The first kappa shape index (κ1) is 14.9. The third-order valence-electron chi connectivity index (χ3n) is 2.67. The molecule has 0 atom stereocenters. The number of hydrogen-bond acceptors (Lipinski definition) is 3. The Bertz CT molecular complexity index is 415. The first-order valence-electron chi connectivity index (χ1n) is 5.97. The number of carbonyl (C=O) groups excluding carboxylic acids is 2. The normalized spacial score (nSPS) is 10.1. The molecular formula is C14H17BrO3. The van der Waals surface area contributed by atoms with Gasteiger partial charge >= 0.3 is 5.97 Å². The SMILES string of the molecule is COC(=O)c1ccccc1C(=O)CCCCCBr. The topological polar surface area (TPSA) is 43.4 Å². The summed E-state index contributed by atoms with van der Waals surface area (Å²) in [6.45, 7) is 0. The van der Waals surface area contributed by atoms with Crippen LogP contribution in [-0.4, -0.2) is 24.2 Å². The molecule has 3 nitrogen and oxygen atoms in total. The number of benzene rings is 1. The quantitative estimate of drug-likeness (QED) is 0.334. The van der Waals surface area contributed by atoms with Gasteiger partial charge < -0.3 is 4.74 Å². The second-order valence-electron chi connectivity index (χ2n) is 3.96. The number of hydrogen-bond donors (Lipinski definition) is 0. The van der Waals surface area contributed by atoms with Crippen molar-refractivity contribution in [2.75, 3.05) is 12.4 Å². The van der Waals surface area contributed by atoms with Crippen LogP contribution in [0.25, 0.3) is 0 Å². The molecule has 0 aliphatic heterocycles. The maximum Gasteiger partial charge on any atom is 0.338 e. The van der Waals surface area contributed by atoms with Gasteiger partial charge in [-0.3, -0.25) is 4.79 Å². The van der Waals surface area contributed by atoms with Gasteiger partial charge in [-0.15, -0.1) is 0 Å². The van der Waals surface area contributed by atoms with E-state index in [0.717, 1.165) is 24.6 Å². The van der Waals surface area contributed by atoms with Crippen LogP contribution in [0, 0.1) is 0 Å². The van der Waals surface area contributed by atoms with Crippen molar-refractivity contribution < 1.29 is 14.3 Å². The van der Waals surface area contributed by atoms with Crippen LogP contribution in [0.2, 0.25) is 0 Å². The summed E-state index contributed by atoms with van der Waals surface area (Å²) < 4.78 is 4.67. The molecule has 1 rings (SSSR count). The lowest BCUT2D eigenvalue weighted by molar-refractivity contribution is 0.0597. The Morgan fingerprint density at radius 2 is 1.78 bits per heavy atom. The molecule has 18 heavy (non-hydrogen) atoms. The Morgan fingerprint density at radius 1 is 1.11 bits per heavy atom. The number of alkyl halides is 1. The fourth-order valence-corrected chi connectivity index (χ4v) is 2.10. The highest BCUT2D eigenvalue weighted by molar-refractivity contribution is 9.09. The zero-order valence-corrected chi connectivity index (χ0v) is 12.0. The summed E-state index contributed by atoms with van der Waals surface area (Å²) >= 11 is 3.36. The number of unbranched alkanes of at least 4 members (excludes halogenated alkanes) is 2. The van der Waals surface area contributed by atoms with Crippen LogP contribution in [0.3, 0.4) is 0 Å². The summed E-state index contributed by atoms with van der Waals surface area (Å²) in [7, 11) is 1.32. The van der Waals surface area contributed by atoms with Gasteiger partial charge in [0.25, 0.3) is 0 Å². The predicted octanol–water partition coefficient (Wildman–Crippen LogP) is 3.61. The molecular weight excluding hydrogens is 296 g/mol. The minimum absolute atomic E-state index is 0.00516. The maximum atomic E-state index is 12.0. The van der Waals surface area contributed by atoms with Crippen molar-refractivity contribution in [1.29, 1.82) is 0 Å². The number of Topliss-reactive ketones (excluding diaryl/α,β-unsaturated/α-hetero) is 1. The van der Waals surface area contributed by atoms with Gasteiger partial charge in [-0.25, -0.2) is 4.79 Å². The van der Waals surface area contributed by atoms with Gasteiger partial charge in [-0.05, 0) is 18.9 Å². The Labute approximate surface area is 116 Å². The number of ether oxygens (including phenoxy) is 1. The zero-order valence-electron chi connectivity index (χ0n) is 10.4. The standard InChI is InChI=1S/C14H17BrO3/c1-18-14(17)12-8-5-4-7-11(12)13(16)9-3-2-6-10-15/h4-5,7-8H,2-3,6,9-10H2,1H3. The maximum absolute atomic E-state index is 12.0. The molecule has 4 heteroatoms. The predicted molar refractivity (Wildman–Crippen MR) is 74.4 cm³/mol. The fourth-order valence-electron chi connectivity index (χ4n) is 1.71. The van der Waals surface area contributed by atoms with E-state index in [2.05, 4.69) is 20.7 Å². The van der Waals surface area contributed by atoms with E-state index in [9.17, 15) is 9.59 Å². The molecule has 0 aromatic heterocycles. The van der Waals surface area contributed by atoms with Crippen molar-refractivity contribution in [3.8, 4) is 0 Å². The number of rotatable bonds is 7.